The van der Waals surface area contributed by atoms with Crippen molar-refractivity contribution in [2.24, 2.45) is 0 Å². The molecule has 3 N–H and O–H groups in total. The lowest BCUT2D eigenvalue weighted by atomic mass is 9.93. The Morgan fingerprint density at radius 2 is 2.03 bits per heavy atom. The van der Waals surface area contributed by atoms with Gasteiger partial charge in [-0.05, 0) is 61.1 Å². The minimum Gasteiger partial charge on any atom is -0.508 e. The number of allylic oxidation sites excluding steroid dienone is 1. The maximum atomic E-state index is 10.7. The molecule has 0 aromatic heterocycles. The molecule has 1 aliphatic rings. The largest absolute Gasteiger partial charge is 0.508 e. The first kappa shape index (κ1) is 22.1. The SMILES string of the molecule is C=C(O)/C(=C(\NC)c1cc(C2CC2)c(C#N)cc1O)c1ccc(OC)c(N(C)CC)c1. The number of rotatable bonds is 8. The summed E-state index contributed by atoms with van der Waals surface area (Å²) in [5, 5.41) is 33.9. The van der Waals surface area contributed by atoms with Gasteiger partial charge in [-0.3, -0.25) is 0 Å². The van der Waals surface area contributed by atoms with Crippen LogP contribution in [-0.2, 0) is 0 Å². The fraction of sp³-hybridized carbons (Fsp3) is 0.320. The van der Waals surface area contributed by atoms with E-state index in [1.807, 2.05) is 43.1 Å². The number of benzene rings is 2. The van der Waals surface area contributed by atoms with Gasteiger partial charge in [0, 0.05) is 31.8 Å². The third-order valence-electron chi connectivity index (χ3n) is 5.72. The average Bonchev–Trinajstić information content (AvgIpc) is 3.61. The topological polar surface area (TPSA) is 88.8 Å². The molecule has 0 bridgehead atoms. The predicted molar refractivity (Wildman–Crippen MR) is 124 cm³/mol. The summed E-state index contributed by atoms with van der Waals surface area (Å²) in [7, 11) is 5.32. The first-order valence-electron chi connectivity index (χ1n) is 10.3. The molecule has 0 unspecified atom stereocenters. The number of anilines is 1. The molecule has 2 aromatic carbocycles. The molecule has 162 valence electrons. The second-order valence-corrected chi connectivity index (χ2v) is 7.69. The van der Waals surface area contributed by atoms with Gasteiger partial charge in [0.15, 0.2) is 0 Å². The van der Waals surface area contributed by atoms with Crippen molar-refractivity contribution in [3.8, 4) is 17.6 Å². The highest BCUT2D eigenvalue weighted by Gasteiger charge is 2.28. The van der Waals surface area contributed by atoms with Gasteiger partial charge in [-0.1, -0.05) is 12.6 Å². The van der Waals surface area contributed by atoms with Gasteiger partial charge in [0.2, 0.25) is 0 Å². The van der Waals surface area contributed by atoms with E-state index in [1.165, 1.54) is 6.07 Å². The van der Waals surface area contributed by atoms with Crippen LogP contribution in [0, 0.1) is 11.3 Å². The van der Waals surface area contributed by atoms with Crippen molar-refractivity contribution in [2.75, 3.05) is 32.6 Å². The number of aliphatic hydroxyl groups is 1. The minimum absolute atomic E-state index is 0.0246. The molecule has 6 nitrogen and oxygen atoms in total. The van der Waals surface area contributed by atoms with Crippen molar-refractivity contribution in [3.05, 3.63) is 64.9 Å². The molecule has 31 heavy (non-hydrogen) atoms. The van der Waals surface area contributed by atoms with Crippen LogP contribution in [-0.4, -0.2) is 38.0 Å². The van der Waals surface area contributed by atoms with Gasteiger partial charge in [-0.2, -0.15) is 5.26 Å². The lowest BCUT2D eigenvalue weighted by Crippen LogP contribution is -2.17. The molecule has 1 fully saturated rings. The van der Waals surface area contributed by atoms with Crippen molar-refractivity contribution in [1.82, 2.24) is 5.32 Å². The Labute approximate surface area is 183 Å². The van der Waals surface area contributed by atoms with E-state index >= 15 is 0 Å². The van der Waals surface area contributed by atoms with Crippen molar-refractivity contribution >= 4 is 17.0 Å². The van der Waals surface area contributed by atoms with Gasteiger partial charge in [0.1, 0.15) is 17.3 Å². The zero-order valence-electron chi connectivity index (χ0n) is 18.5. The Morgan fingerprint density at radius 3 is 2.55 bits per heavy atom. The third-order valence-corrected chi connectivity index (χ3v) is 5.72. The number of nitrogens with zero attached hydrogens (tertiary/aromatic N) is 2. The molecule has 1 saturated carbocycles. The van der Waals surface area contributed by atoms with Gasteiger partial charge in [-0.25, -0.2) is 0 Å². The molecule has 6 heteroatoms. The van der Waals surface area contributed by atoms with Crippen molar-refractivity contribution < 1.29 is 14.9 Å². The third kappa shape index (κ3) is 4.31. The molecular formula is C25H29N3O3. The number of methoxy groups -OCH3 is 1. The predicted octanol–water partition coefficient (Wildman–Crippen LogP) is 4.77. The Hall–Kier alpha value is -3.59. The number of aliphatic hydroxyl groups excluding tert-OH is 1. The van der Waals surface area contributed by atoms with Crippen LogP contribution in [0.2, 0.25) is 0 Å². The lowest BCUT2D eigenvalue weighted by molar-refractivity contribution is 0.415. The van der Waals surface area contributed by atoms with Crippen molar-refractivity contribution in [3.63, 3.8) is 0 Å². The zero-order chi connectivity index (χ0) is 22.7. The zero-order valence-corrected chi connectivity index (χ0v) is 18.5. The van der Waals surface area contributed by atoms with Gasteiger partial charge in [0.25, 0.3) is 0 Å². The Morgan fingerprint density at radius 1 is 1.32 bits per heavy atom. The van der Waals surface area contributed by atoms with Crippen LogP contribution in [0.15, 0.2) is 42.7 Å². The number of hydrogen-bond donors (Lipinski definition) is 3. The number of phenolic OH excluding ortho intramolecular Hbond substituents is 1. The average molecular weight is 420 g/mol. The van der Waals surface area contributed by atoms with Crippen LogP contribution < -0.4 is 15.0 Å². The smallest absolute Gasteiger partial charge is 0.142 e. The molecule has 1 aliphatic carbocycles. The summed E-state index contributed by atoms with van der Waals surface area (Å²) >= 11 is 0. The number of nitriles is 1. The summed E-state index contributed by atoms with van der Waals surface area (Å²) in [5.41, 5.74) is 4.54. The molecule has 0 spiro atoms. The van der Waals surface area contributed by atoms with Gasteiger partial charge >= 0.3 is 0 Å². The molecular weight excluding hydrogens is 390 g/mol. The molecule has 0 atom stereocenters. The number of phenols is 1. The Balaban J connectivity index is 2.26. The van der Waals surface area contributed by atoms with E-state index in [9.17, 15) is 15.5 Å². The fourth-order valence-electron chi connectivity index (χ4n) is 3.80. The Bertz CT molecular complexity index is 1080. The summed E-state index contributed by atoms with van der Waals surface area (Å²) in [5.74, 6) is 0.901. The van der Waals surface area contributed by atoms with Crippen LogP contribution in [0.5, 0.6) is 11.5 Å². The van der Waals surface area contributed by atoms with E-state index in [-0.39, 0.29) is 11.5 Å². The summed E-state index contributed by atoms with van der Waals surface area (Å²) in [4.78, 5) is 2.05. The van der Waals surface area contributed by atoms with Crippen molar-refractivity contribution in [2.45, 2.75) is 25.7 Å². The second-order valence-electron chi connectivity index (χ2n) is 7.69. The first-order chi connectivity index (χ1) is 14.9. The molecule has 2 aromatic rings. The monoisotopic (exact) mass is 419 g/mol. The minimum atomic E-state index is -0.128. The van der Waals surface area contributed by atoms with Crippen LogP contribution >= 0.6 is 0 Å². The summed E-state index contributed by atoms with van der Waals surface area (Å²) in [6.45, 7) is 6.60. The number of ether oxygens (including phenoxy) is 1. The van der Waals surface area contributed by atoms with Gasteiger partial charge in [0.05, 0.1) is 30.1 Å². The summed E-state index contributed by atoms with van der Waals surface area (Å²) < 4.78 is 5.50. The van der Waals surface area contributed by atoms with Gasteiger partial charge < -0.3 is 25.2 Å². The van der Waals surface area contributed by atoms with E-state index in [0.717, 1.165) is 42.0 Å². The molecule has 0 saturated heterocycles. The van der Waals surface area contributed by atoms with E-state index < -0.39 is 0 Å². The van der Waals surface area contributed by atoms with E-state index in [2.05, 4.69) is 18.0 Å². The van der Waals surface area contributed by atoms with E-state index in [4.69, 9.17) is 4.74 Å². The normalized spacial score (nSPS) is 13.8. The highest BCUT2D eigenvalue weighted by Crippen LogP contribution is 2.45. The fourth-order valence-corrected chi connectivity index (χ4v) is 3.80. The molecule has 3 rings (SSSR count). The summed E-state index contributed by atoms with van der Waals surface area (Å²) in [6.07, 6.45) is 2.06. The number of aromatic hydroxyl groups is 1. The molecule has 0 amide bonds. The van der Waals surface area contributed by atoms with Crippen LogP contribution in [0.25, 0.3) is 11.3 Å². The summed E-state index contributed by atoms with van der Waals surface area (Å²) in [6, 6.07) is 11.2. The highest BCUT2D eigenvalue weighted by molar-refractivity contribution is 5.98. The van der Waals surface area contributed by atoms with Crippen molar-refractivity contribution in [1.29, 1.82) is 5.26 Å². The molecule has 0 radical (unpaired) electrons. The second kappa shape index (κ2) is 9.05. The maximum Gasteiger partial charge on any atom is 0.142 e. The maximum absolute atomic E-state index is 10.7. The molecule has 0 aliphatic heterocycles. The van der Waals surface area contributed by atoms with E-state index in [0.29, 0.717) is 28.3 Å². The quantitative estimate of drug-likeness (QED) is 0.325. The lowest BCUT2D eigenvalue weighted by Gasteiger charge is -2.22. The standard InChI is InChI=1S/C25H29N3O3/c1-6-28(4)21-11-17(9-10-23(21)31-5)24(15(2)29)25(27-3)20-13-19(16-7-8-16)18(14-26)12-22(20)30/h9-13,16,27,29-30H,2,6-8H2,1,3-5H3/b25-24+. The number of hydrogen-bond acceptors (Lipinski definition) is 6. The Kier molecular flexibility index (Phi) is 6.45. The highest BCUT2D eigenvalue weighted by atomic mass is 16.5. The molecule has 0 heterocycles. The van der Waals surface area contributed by atoms with Gasteiger partial charge in [-0.15, -0.1) is 0 Å². The first-order valence-corrected chi connectivity index (χ1v) is 10.3. The van der Waals surface area contributed by atoms with Crippen LogP contribution in [0.3, 0.4) is 0 Å². The number of nitrogens with one attached hydrogen (secondary N) is 1. The van der Waals surface area contributed by atoms with E-state index in [1.54, 1.807) is 14.2 Å². The van der Waals surface area contributed by atoms with Crippen LogP contribution in [0.4, 0.5) is 5.69 Å². The van der Waals surface area contributed by atoms with Crippen LogP contribution in [0.1, 0.15) is 47.9 Å².